The first-order valence-corrected chi connectivity index (χ1v) is 9.11. The molecule has 1 saturated heterocycles. The summed E-state index contributed by atoms with van der Waals surface area (Å²) in [6, 6.07) is 13.8. The average molecular weight is 369 g/mol. The quantitative estimate of drug-likeness (QED) is 0.881. The fraction of sp³-hybridized carbons (Fsp3) is 0.333. The molecule has 0 saturated carbocycles. The molecule has 1 heterocycles. The molecule has 6 heteroatoms. The van der Waals surface area contributed by atoms with Gasteiger partial charge in [0.15, 0.2) is 0 Å². The molecule has 3 rings (SSSR count). The number of halogens is 1. The molecular formula is C21H24FN3O2. The Hall–Kier alpha value is -2.73. The van der Waals surface area contributed by atoms with E-state index >= 15 is 0 Å². The Morgan fingerprint density at radius 3 is 2.41 bits per heavy atom. The summed E-state index contributed by atoms with van der Waals surface area (Å²) in [5.41, 5.74) is 2.61. The molecule has 0 radical (unpaired) electrons. The van der Waals surface area contributed by atoms with Crippen LogP contribution < -0.4 is 5.32 Å². The highest BCUT2D eigenvalue weighted by atomic mass is 19.1. The van der Waals surface area contributed by atoms with E-state index in [0.717, 1.165) is 11.3 Å². The first-order chi connectivity index (χ1) is 13.0. The molecule has 2 amide bonds. The van der Waals surface area contributed by atoms with Gasteiger partial charge in [0, 0.05) is 31.9 Å². The number of carbonyl (C=O) groups is 2. The number of aryl methyl sites for hydroxylation is 1. The number of nitrogens with one attached hydrogen (secondary N) is 1. The molecule has 5 nitrogen and oxygen atoms in total. The van der Waals surface area contributed by atoms with Crippen LogP contribution in [0.4, 0.5) is 10.1 Å². The smallest absolute Gasteiger partial charge is 0.238 e. The van der Waals surface area contributed by atoms with Gasteiger partial charge in [0.25, 0.3) is 0 Å². The zero-order valence-corrected chi connectivity index (χ0v) is 15.5. The number of nitrogens with zero attached hydrogens (tertiary/aromatic N) is 2. The zero-order valence-electron chi connectivity index (χ0n) is 15.5. The molecule has 0 unspecified atom stereocenters. The van der Waals surface area contributed by atoms with Gasteiger partial charge in [-0.2, -0.15) is 0 Å². The second-order valence-corrected chi connectivity index (χ2v) is 6.88. The number of benzene rings is 2. The molecule has 2 aromatic carbocycles. The van der Waals surface area contributed by atoms with Crippen molar-refractivity contribution in [2.45, 2.75) is 13.3 Å². The van der Waals surface area contributed by atoms with Crippen LogP contribution in [-0.2, 0) is 16.0 Å². The molecule has 0 aromatic heterocycles. The van der Waals surface area contributed by atoms with Gasteiger partial charge in [-0.05, 0) is 36.8 Å². The Morgan fingerprint density at radius 1 is 1.04 bits per heavy atom. The van der Waals surface area contributed by atoms with Gasteiger partial charge in [-0.1, -0.05) is 29.8 Å². The predicted octanol–water partition coefficient (Wildman–Crippen LogP) is 2.46. The van der Waals surface area contributed by atoms with E-state index in [2.05, 4.69) is 5.32 Å². The Balaban J connectivity index is 1.43. The lowest BCUT2D eigenvalue weighted by Crippen LogP contribution is -2.50. The highest BCUT2D eigenvalue weighted by Crippen LogP contribution is 2.10. The van der Waals surface area contributed by atoms with Gasteiger partial charge in [-0.15, -0.1) is 0 Å². The molecule has 0 atom stereocenters. The second-order valence-electron chi connectivity index (χ2n) is 6.88. The lowest BCUT2D eigenvalue weighted by Gasteiger charge is -2.34. The Kier molecular flexibility index (Phi) is 6.19. The third-order valence-corrected chi connectivity index (χ3v) is 4.67. The van der Waals surface area contributed by atoms with Gasteiger partial charge in [0.1, 0.15) is 5.82 Å². The molecule has 2 aromatic rings. The SMILES string of the molecule is Cc1ccc(NC(=O)CN2CCN(C(=O)Cc3cccc(F)c3)CC2)cc1. The number of rotatable bonds is 5. The Labute approximate surface area is 158 Å². The van der Waals surface area contributed by atoms with Crippen LogP contribution in [0.25, 0.3) is 0 Å². The predicted molar refractivity (Wildman–Crippen MR) is 103 cm³/mol. The Bertz CT molecular complexity index is 799. The van der Waals surface area contributed by atoms with E-state index in [4.69, 9.17) is 0 Å². The minimum absolute atomic E-state index is 0.00985. The molecule has 27 heavy (non-hydrogen) atoms. The van der Waals surface area contributed by atoms with Gasteiger partial charge in [-0.25, -0.2) is 4.39 Å². The standard InChI is InChI=1S/C21H24FN3O2/c1-16-5-7-19(8-6-16)23-20(26)15-24-9-11-25(12-10-24)21(27)14-17-3-2-4-18(22)13-17/h2-8,13H,9-12,14-15H2,1H3,(H,23,26). The van der Waals surface area contributed by atoms with E-state index in [1.165, 1.54) is 12.1 Å². The number of anilines is 1. The fourth-order valence-corrected chi connectivity index (χ4v) is 3.13. The molecule has 142 valence electrons. The lowest BCUT2D eigenvalue weighted by molar-refractivity contribution is -0.132. The van der Waals surface area contributed by atoms with Crippen LogP contribution in [0.3, 0.4) is 0 Å². The first-order valence-electron chi connectivity index (χ1n) is 9.11. The molecule has 1 N–H and O–H groups in total. The normalized spacial score (nSPS) is 14.8. The van der Waals surface area contributed by atoms with Crippen LogP contribution in [0, 0.1) is 12.7 Å². The number of amides is 2. The van der Waals surface area contributed by atoms with Crippen molar-refractivity contribution in [2.24, 2.45) is 0 Å². The van der Waals surface area contributed by atoms with Crippen molar-refractivity contribution in [3.8, 4) is 0 Å². The zero-order chi connectivity index (χ0) is 19.2. The van der Waals surface area contributed by atoms with Crippen LogP contribution in [0.2, 0.25) is 0 Å². The lowest BCUT2D eigenvalue weighted by atomic mass is 10.1. The number of hydrogen-bond acceptors (Lipinski definition) is 3. The van der Waals surface area contributed by atoms with Gasteiger partial charge in [0.05, 0.1) is 13.0 Å². The maximum absolute atomic E-state index is 13.2. The monoisotopic (exact) mass is 369 g/mol. The minimum atomic E-state index is -0.329. The third kappa shape index (κ3) is 5.62. The number of piperazine rings is 1. The van der Waals surface area contributed by atoms with Crippen LogP contribution >= 0.6 is 0 Å². The van der Waals surface area contributed by atoms with E-state index in [-0.39, 0.29) is 24.1 Å². The molecular weight excluding hydrogens is 345 g/mol. The van der Waals surface area contributed by atoms with Crippen LogP contribution in [0.15, 0.2) is 48.5 Å². The van der Waals surface area contributed by atoms with Crippen molar-refractivity contribution < 1.29 is 14.0 Å². The number of hydrogen-bond donors (Lipinski definition) is 1. The molecule has 0 bridgehead atoms. The molecule has 1 aliphatic heterocycles. The molecule has 0 aliphatic carbocycles. The van der Waals surface area contributed by atoms with Crippen molar-refractivity contribution >= 4 is 17.5 Å². The van der Waals surface area contributed by atoms with Crippen molar-refractivity contribution in [2.75, 3.05) is 38.0 Å². The van der Waals surface area contributed by atoms with Crippen molar-refractivity contribution in [3.63, 3.8) is 0 Å². The third-order valence-electron chi connectivity index (χ3n) is 4.67. The minimum Gasteiger partial charge on any atom is -0.340 e. The topological polar surface area (TPSA) is 52.7 Å². The van der Waals surface area contributed by atoms with Gasteiger partial charge >= 0.3 is 0 Å². The average Bonchev–Trinajstić information content (AvgIpc) is 2.64. The second kappa shape index (κ2) is 8.77. The largest absolute Gasteiger partial charge is 0.340 e. The van der Waals surface area contributed by atoms with Crippen LogP contribution in [-0.4, -0.2) is 54.3 Å². The molecule has 0 spiro atoms. The molecule has 1 aliphatic rings. The van der Waals surface area contributed by atoms with Crippen LogP contribution in [0.5, 0.6) is 0 Å². The van der Waals surface area contributed by atoms with E-state index in [1.807, 2.05) is 36.1 Å². The maximum atomic E-state index is 13.2. The summed E-state index contributed by atoms with van der Waals surface area (Å²) < 4.78 is 13.2. The summed E-state index contributed by atoms with van der Waals surface area (Å²) in [7, 11) is 0. The first kappa shape index (κ1) is 19.0. The highest BCUT2D eigenvalue weighted by molar-refractivity contribution is 5.92. The molecule has 1 fully saturated rings. The number of carbonyl (C=O) groups excluding carboxylic acids is 2. The summed E-state index contributed by atoms with van der Waals surface area (Å²) in [4.78, 5) is 28.4. The van der Waals surface area contributed by atoms with Gasteiger partial charge in [0.2, 0.25) is 11.8 Å². The van der Waals surface area contributed by atoms with E-state index in [9.17, 15) is 14.0 Å². The van der Waals surface area contributed by atoms with Gasteiger partial charge in [-0.3, -0.25) is 14.5 Å². The van der Waals surface area contributed by atoms with E-state index < -0.39 is 0 Å². The maximum Gasteiger partial charge on any atom is 0.238 e. The van der Waals surface area contributed by atoms with E-state index in [0.29, 0.717) is 38.3 Å². The highest BCUT2D eigenvalue weighted by Gasteiger charge is 2.22. The van der Waals surface area contributed by atoms with Crippen LogP contribution in [0.1, 0.15) is 11.1 Å². The van der Waals surface area contributed by atoms with Crippen molar-refractivity contribution in [3.05, 3.63) is 65.5 Å². The Morgan fingerprint density at radius 2 is 1.74 bits per heavy atom. The summed E-state index contributed by atoms with van der Waals surface area (Å²) in [6.45, 7) is 4.75. The summed E-state index contributed by atoms with van der Waals surface area (Å²) >= 11 is 0. The van der Waals surface area contributed by atoms with Crippen molar-refractivity contribution in [1.29, 1.82) is 0 Å². The summed E-state index contributed by atoms with van der Waals surface area (Å²) in [6.07, 6.45) is 0.200. The fourth-order valence-electron chi connectivity index (χ4n) is 3.13. The summed E-state index contributed by atoms with van der Waals surface area (Å²) in [5, 5.41) is 2.89. The summed E-state index contributed by atoms with van der Waals surface area (Å²) in [5.74, 6) is -0.396. The van der Waals surface area contributed by atoms with E-state index in [1.54, 1.807) is 17.0 Å². The van der Waals surface area contributed by atoms with Gasteiger partial charge < -0.3 is 10.2 Å². The van der Waals surface area contributed by atoms with Crippen molar-refractivity contribution in [1.82, 2.24) is 9.80 Å².